The number of hydrogen-bond donors (Lipinski definition) is 6. The molecule has 41 heavy (non-hydrogen) atoms. The Morgan fingerprint density at radius 1 is 0.293 bits per heavy atom. The van der Waals surface area contributed by atoms with Gasteiger partial charge in [0.05, 0.1) is 24.7 Å². The molecule has 8 bridgehead atoms. The van der Waals surface area contributed by atoms with Gasteiger partial charge in [-0.1, -0.05) is 102 Å². The van der Waals surface area contributed by atoms with E-state index < -0.39 is 0 Å². The van der Waals surface area contributed by atoms with Crippen LogP contribution in [0.25, 0.3) is 10.6 Å². The normalized spacial score (nSPS) is 56.2. The van der Waals surface area contributed by atoms with Crippen LogP contribution in [-0.4, -0.2) is 72.4 Å². The third-order valence-electron chi connectivity index (χ3n) is 13.6. The van der Waals surface area contributed by atoms with Gasteiger partial charge in [0.25, 0.3) is 0 Å². The maximum atomic E-state index is 5.60. The molecule has 6 N–H and O–H groups in total. The van der Waals surface area contributed by atoms with Crippen molar-refractivity contribution in [2.75, 3.05) is 0 Å². The first-order chi connectivity index (χ1) is 19.8. The predicted molar refractivity (Wildman–Crippen MR) is 163 cm³/mol. The Hall–Kier alpha value is 0.446. The summed E-state index contributed by atoms with van der Waals surface area (Å²) in [4.78, 5) is 0. The first kappa shape index (κ1) is 28.9. The van der Waals surface area contributed by atoms with E-state index in [9.17, 15) is 0 Å². The molecule has 5 saturated heterocycles. The maximum Gasteiger partial charge on any atom is 2.00 e. The topological polar surface area (TPSA) is 100 Å². The minimum absolute atomic E-state index is 0. The second-order valence-corrected chi connectivity index (χ2v) is 15.4. The van der Waals surface area contributed by atoms with Crippen molar-refractivity contribution < 1.29 is 0 Å². The third-order valence-corrected chi connectivity index (χ3v) is 13.6. The van der Waals surface area contributed by atoms with Gasteiger partial charge >= 0.3 is 23.1 Å². The summed E-state index contributed by atoms with van der Waals surface area (Å²) >= 11 is 0. The molecule has 0 spiro atoms. The average Bonchev–Trinajstić information content (AvgIpc) is 3.73. The number of rotatable bonds is 0. The molecule has 9 heteroatoms. The van der Waals surface area contributed by atoms with Gasteiger partial charge in [0.2, 0.25) is 0 Å². The predicted octanol–water partition coefficient (Wildman–Crippen LogP) is 3.79. The van der Waals surface area contributed by atoms with Crippen molar-refractivity contribution in [2.24, 2.45) is 47.3 Å². The summed E-state index contributed by atoms with van der Waals surface area (Å²) in [6.07, 6.45) is 24.5. The van der Waals surface area contributed by atoms with E-state index in [0.717, 1.165) is 23.7 Å². The van der Waals surface area contributed by atoms with Crippen LogP contribution in [-0.2, 0) is 0 Å². The molecular formula is C32H54MgN8. The largest absolute Gasteiger partial charge is 2.00 e. The molecule has 16 atom stereocenters. The van der Waals surface area contributed by atoms with Crippen LogP contribution in [0.1, 0.15) is 103 Å². The smallest absolute Gasteiger partial charge is 0.632 e. The Kier molecular flexibility index (Phi) is 8.45. The monoisotopic (exact) mass is 574 g/mol. The number of fused-ring (bicyclic) bond motifs is 20. The van der Waals surface area contributed by atoms with Crippen LogP contribution < -0.4 is 31.9 Å². The van der Waals surface area contributed by atoms with Crippen LogP contribution in [0.3, 0.4) is 0 Å². The van der Waals surface area contributed by atoms with E-state index in [0.29, 0.717) is 48.3 Å². The van der Waals surface area contributed by atoms with Gasteiger partial charge in [-0.25, -0.2) is 0 Å². The molecule has 0 aromatic rings. The molecular weight excluding hydrogens is 521 g/mol. The molecule has 0 amide bonds. The molecule has 0 aromatic carbocycles. The van der Waals surface area contributed by atoms with E-state index in [2.05, 4.69) is 31.9 Å². The minimum Gasteiger partial charge on any atom is -0.632 e. The van der Waals surface area contributed by atoms with Gasteiger partial charge in [0, 0.05) is 0 Å². The van der Waals surface area contributed by atoms with E-state index in [1.165, 1.54) is 103 Å². The van der Waals surface area contributed by atoms with Crippen molar-refractivity contribution in [3.8, 4) is 0 Å². The van der Waals surface area contributed by atoms with Crippen molar-refractivity contribution in [1.29, 1.82) is 0 Å². The summed E-state index contributed by atoms with van der Waals surface area (Å²) in [5, 5.41) is 36.3. The SMILES string of the molecule is C1CCC2C3[N-]C(NC4[N-]C(NC5NC(NC6NC(N3)C3CCCCC63)C3CCCCC53)C3CCCCC43)C2C1.[Mg+2]. The summed E-state index contributed by atoms with van der Waals surface area (Å²) in [5.41, 5.74) is 0. The second kappa shape index (κ2) is 12.0. The third kappa shape index (κ3) is 5.08. The van der Waals surface area contributed by atoms with Crippen molar-refractivity contribution in [1.82, 2.24) is 31.9 Å². The fraction of sp³-hybridized carbons (Fsp3) is 1.00. The van der Waals surface area contributed by atoms with Gasteiger partial charge in [-0.05, 0) is 73.0 Å². The molecule has 5 aliphatic heterocycles. The van der Waals surface area contributed by atoms with Gasteiger partial charge in [0.15, 0.2) is 0 Å². The number of hydrogen-bond acceptors (Lipinski definition) is 6. The van der Waals surface area contributed by atoms with Crippen LogP contribution in [0.15, 0.2) is 0 Å². The summed E-state index contributed by atoms with van der Waals surface area (Å²) < 4.78 is 0. The molecule has 9 rings (SSSR count). The number of nitrogens with zero attached hydrogens (tertiary/aromatic N) is 2. The zero-order chi connectivity index (χ0) is 26.2. The molecule has 224 valence electrons. The molecule has 9 aliphatic rings. The summed E-state index contributed by atoms with van der Waals surface area (Å²) in [5.74, 6) is 5.59. The molecule has 0 aromatic heterocycles. The molecule has 9 fully saturated rings. The average molecular weight is 575 g/mol. The molecule has 16 unspecified atom stereocenters. The van der Waals surface area contributed by atoms with Gasteiger partial charge in [0.1, 0.15) is 0 Å². The van der Waals surface area contributed by atoms with Crippen LogP contribution in [0.4, 0.5) is 0 Å². The van der Waals surface area contributed by atoms with Crippen LogP contribution in [0.5, 0.6) is 0 Å². The molecule has 5 heterocycles. The Labute approximate surface area is 264 Å². The van der Waals surface area contributed by atoms with Crippen LogP contribution >= 0.6 is 0 Å². The van der Waals surface area contributed by atoms with E-state index in [4.69, 9.17) is 10.6 Å². The van der Waals surface area contributed by atoms with Gasteiger partial charge in [-0.3, -0.25) is 16.0 Å². The minimum atomic E-state index is 0. The Balaban J connectivity index is 0.00000256. The summed E-state index contributed by atoms with van der Waals surface area (Å²) in [6, 6.07) is 0. The quantitative estimate of drug-likeness (QED) is 0.246. The summed E-state index contributed by atoms with van der Waals surface area (Å²) in [7, 11) is 0. The maximum absolute atomic E-state index is 5.60. The van der Waals surface area contributed by atoms with Crippen molar-refractivity contribution >= 4 is 23.1 Å². The van der Waals surface area contributed by atoms with Gasteiger partial charge in [-0.15, -0.1) is 0 Å². The molecule has 0 radical (unpaired) electrons. The van der Waals surface area contributed by atoms with Crippen LogP contribution in [0.2, 0.25) is 0 Å². The van der Waals surface area contributed by atoms with Crippen molar-refractivity contribution in [2.45, 2.75) is 152 Å². The summed E-state index contributed by atoms with van der Waals surface area (Å²) in [6.45, 7) is 0. The van der Waals surface area contributed by atoms with E-state index in [1.807, 2.05) is 0 Å². The Morgan fingerprint density at radius 2 is 0.537 bits per heavy atom. The van der Waals surface area contributed by atoms with E-state index in [-0.39, 0.29) is 47.7 Å². The van der Waals surface area contributed by atoms with E-state index >= 15 is 0 Å². The Bertz CT molecular complexity index is 716. The van der Waals surface area contributed by atoms with E-state index in [1.54, 1.807) is 0 Å². The molecule has 8 nitrogen and oxygen atoms in total. The van der Waals surface area contributed by atoms with Crippen molar-refractivity contribution in [3.05, 3.63) is 10.6 Å². The zero-order valence-corrected chi connectivity index (χ0v) is 26.6. The first-order valence-electron chi connectivity index (χ1n) is 17.8. The molecule has 4 aliphatic carbocycles. The standard InChI is InChI=1S/C32H54N8.Mg/c1-2-10-18-17(9-1)25-33-26(18)38-28-21-13-5-6-14-22(21)30(35-28)40-32-24-16-8-7-15-23(24)31(36-32)39-29-20-12-4-3-11-19(20)27(34-29)37-25;/h17-34,37-40H,1-16H2;/q-2;+2. The number of nitrogens with one attached hydrogen (secondary N) is 6. The fourth-order valence-corrected chi connectivity index (χ4v) is 11.7. The van der Waals surface area contributed by atoms with Gasteiger partial charge < -0.3 is 26.6 Å². The van der Waals surface area contributed by atoms with Crippen LogP contribution in [0, 0.1) is 47.3 Å². The van der Waals surface area contributed by atoms with Crippen molar-refractivity contribution in [3.63, 3.8) is 0 Å². The second-order valence-electron chi connectivity index (χ2n) is 15.4. The zero-order valence-electron chi connectivity index (χ0n) is 25.2. The fourth-order valence-electron chi connectivity index (χ4n) is 11.7. The Morgan fingerprint density at radius 3 is 0.854 bits per heavy atom. The first-order valence-corrected chi connectivity index (χ1v) is 17.8. The van der Waals surface area contributed by atoms with Gasteiger partial charge in [-0.2, -0.15) is 0 Å². The molecule has 4 saturated carbocycles.